The summed E-state index contributed by atoms with van der Waals surface area (Å²) in [6, 6.07) is 12.2. The van der Waals surface area contributed by atoms with Crippen molar-refractivity contribution < 1.29 is 9.53 Å². The molecule has 124 valence electrons. The van der Waals surface area contributed by atoms with Gasteiger partial charge in [0, 0.05) is 19.2 Å². The fourth-order valence-corrected chi connectivity index (χ4v) is 3.02. The Kier molecular flexibility index (Phi) is 4.51. The number of hydrogen-bond acceptors (Lipinski definition) is 3. The topological polar surface area (TPSA) is 56.1 Å². The smallest absolute Gasteiger partial charge is 0.269 e. The highest BCUT2D eigenvalue weighted by atomic mass is 16.5. The number of amides is 1. The van der Waals surface area contributed by atoms with Crippen molar-refractivity contribution >= 4 is 16.7 Å². The summed E-state index contributed by atoms with van der Waals surface area (Å²) in [4.78, 5) is 12.4. The molecule has 0 fully saturated rings. The third-order valence-electron chi connectivity index (χ3n) is 4.21. The van der Waals surface area contributed by atoms with E-state index in [-0.39, 0.29) is 5.91 Å². The highest BCUT2D eigenvalue weighted by molar-refractivity contribution is 5.94. The quantitative estimate of drug-likeness (QED) is 0.785. The van der Waals surface area contributed by atoms with Crippen molar-refractivity contribution in [2.45, 2.75) is 13.3 Å². The molecule has 1 N–H and O–H groups in total. The van der Waals surface area contributed by atoms with Crippen LogP contribution in [0, 0.1) is 6.92 Å². The molecule has 0 atom stereocenters. The van der Waals surface area contributed by atoms with Crippen LogP contribution in [0.1, 0.15) is 21.6 Å². The lowest BCUT2D eigenvalue weighted by Gasteiger charge is -2.13. The second kappa shape index (κ2) is 6.74. The molecule has 0 bridgehead atoms. The Balaban J connectivity index is 1.77. The monoisotopic (exact) mass is 323 g/mol. The first-order valence-corrected chi connectivity index (χ1v) is 7.93. The van der Waals surface area contributed by atoms with E-state index in [1.54, 1.807) is 25.0 Å². The number of carbonyl (C=O) groups is 1. The number of hydrogen-bond donors (Lipinski definition) is 1. The molecule has 0 saturated heterocycles. The van der Waals surface area contributed by atoms with Crippen LogP contribution in [0.15, 0.2) is 42.6 Å². The van der Waals surface area contributed by atoms with E-state index in [0.717, 1.165) is 22.3 Å². The molecule has 0 aliphatic rings. The SMILES string of the molecule is COc1ccc2ccccc2c1CCNC(=O)c1c(C)cnn1C. The summed E-state index contributed by atoms with van der Waals surface area (Å²) in [5.74, 6) is 0.742. The molecule has 0 unspecified atom stereocenters. The van der Waals surface area contributed by atoms with Gasteiger partial charge in [0.15, 0.2) is 0 Å². The second-order valence-electron chi connectivity index (χ2n) is 5.77. The zero-order valence-corrected chi connectivity index (χ0v) is 14.2. The molecular weight excluding hydrogens is 302 g/mol. The van der Waals surface area contributed by atoms with Crippen LogP contribution in [0.3, 0.4) is 0 Å². The van der Waals surface area contributed by atoms with Crippen LogP contribution in [-0.2, 0) is 13.5 Å². The van der Waals surface area contributed by atoms with E-state index < -0.39 is 0 Å². The molecule has 5 nitrogen and oxygen atoms in total. The van der Waals surface area contributed by atoms with E-state index in [2.05, 4.69) is 28.6 Å². The van der Waals surface area contributed by atoms with Gasteiger partial charge in [-0.1, -0.05) is 30.3 Å². The molecule has 5 heteroatoms. The number of nitrogens with one attached hydrogen (secondary N) is 1. The average molecular weight is 323 g/mol. The summed E-state index contributed by atoms with van der Waals surface area (Å²) in [5.41, 5.74) is 2.58. The Morgan fingerprint density at radius 3 is 2.75 bits per heavy atom. The summed E-state index contributed by atoms with van der Waals surface area (Å²) in [7, 11) is 3.45. The van der Waals surface area contributed by atoms with Crippen LogP contribution < -0.4 is 10.1 Å². The highest BCUT2D eigenvalue weighted by Gasteiger charge is 2.14. The van der Waals surface area contributed by atoms with E-state index >= 15 is 0 Å². The number of rotatable bonds is 5. The molecule has 3 rings (SSSR count). The molecule has 3 aromatic rings. The molecule has 2 aromatic carbocycles. The van der Waals surface area contributed by atoms with E-state index in [1.807, 2.05) is 25.1 Å². The van der Waals surface area contributed by atoms with E-state index in [9.17, 15) is 4.79 Å². The van der Waals surface area contributed by atoms with Gasteiger partial charge in [-0.2, -0.15) is 5.10 Å². The lowest BCUT2D eigenvalue weighted by Crippen LogP contribution is -2.28. The maximum absolute atomic E-state index is 12.4. The largest absolute Gasteiger partial charge is 0.496 e. The number of benzene rings is 2. The Morgan fingerprint density at radius 2 is 2.04 bits per heavy atom. The number of methoxy groups -OCH3 is 1. The summed E-state index contributed by atoms with van der Waals surface area (Å²) in [6.07, 6.45) is 2.40. The maximum Gasteiger partial charge on any atom is 0.269 e. The molecule has 1 heterocycles. The summed E-state index contributed by atoms with van der Waals surface area (Å²) >= 11 is 0. The van der Waals surface area contributed by atoms with Gasteiger partial charge in [-0.05, 0) is 35.7 Å². The van der Waals surface area contributed by atoms with E-state index in [1.165, 1.54) is 5.39 Å². The number of fused-ring (bicyclic) bond motifs is 1. The van der Waals surface area contributed by atoms with Gasteiger partial charge in [0.25, 0.3) is 5.91 Å². The maximum atomic E-state index is 12.4. The first kappa shape index (κ1) is 16.1. The third kappa shape index (κ3) is 2.97. The lowest BCUT2D eigenvalue weighted by molar-refractivity contribution is 0.0944. The summed E-state index contributed by atoms with van der Waals surface area (Å²) in [6.45, 7) is 2.42. The third-order valence-corrected chi connectivity index (χ3v) is 4.21. The normalized spacial score (nSPS) is 10.8. The minimum absolute atomic E-state index is 0.105. The Morgan fingerprint density at radius 1 is 1.25 bits per heavy atom. The predicted octanol–water partition coefficient (Wildman–Crippen LogP) is 2.86. The fraction of sp³-hybridized carbons (Fsp3) is 0.263. The molecule has 1 amide bonds. The molecular formula is C19H21N3O2. The van der Waals surface area contributed by atoms with Crippen molar-refractivity contribution in [3.63, 3.8) is 0 Å². The van der Waals surface area contributed by atoms with Gasteiger partial charge >= 0.3 is 0 Å². The molecule has 0 radical (unpaired) electrons. The van der Waals surface area contributed by atoms with Gasteiger partial charge in [-0.3, -0.25) is 9.48 Å². The second-order valence-corrected chi connectivity index (χ2v) is 5.77. The van der Waals surface area contributed by atoms with Crippen molar-refractivity contribution in [1.82, 2.24) is 15.1 Å². The van der Waals surface area contributed by atoms with Crippen LogP contribution in [0.5, 0.6) is 5.75 Å². The van der Waals surface area contributed by atoms with Crippen molar-refractivity contribution in [3.8, 4) is 5.75 Å². The molecule has 0 aliphatic carbocycles. The van der Waals surface area contributed by atoms with E-state index in [4.69, 9.17) is 4.74 Å². The number of aryl methyl sites for hydroxylation is 2. The molecule has 1 aromatic heterocycles. The van der Waals surface area contributed by atoms with Crippen molar-refractivity contribution in [1.29, 1.82) is 0 Å². The zero-order valence-electron chi connectivity index (χ0n) is 14.2. The zero-order chi connectivity index (χ0) is 17.1. The lowest BCUT2D eigenvalue weighted by atomic mass is 10.0. The van der Waals surface area contributed by atoms with Gasteiger partial charge in [-0.25, -0.2) is 0 Å². The molecule has 24 heavy (non-hydrogen) atoms. The minimum atomic E-state index is -0.105. The molecule has 0 saturated carbocycles. The summed E-state index contributed by atoms with van der Waals surface area (Å²) in [5, 5.41) is 9.41. The van der Waals surface area contributed by atoms with Crippen molar-refractivity contribution in [3.05, 3.63) is 59.4 Å². The van der Waals surface area contributed by atoms with Gasteiger partial charge in [0.05, 0.1) is 13.3 Å². The number of aromatic nitrogens is 2. The number of carbonyl (C=O) groups excluding carboxylic acids is 1. The van der Waals surface area contributed by atoms with Crippen LogP contribution in [-0.4, -0.2) is 29.3 Å². The van der Waals surface area contributed by atoms with E-state index in [0.29, 0.717) is 18.7 Å². The summed E-state index contributed by atoms with van der Waals surface area (Å²) < 4.78 is 7.09. The number of ether oxygens (including phenoxy) is 1. The van der Waals surface area contributed by atoms with Gasteiger partial charge in [0.2, 0.25) is 0 Å². The van der Waals surface area contributed by atoms with Gasteiger partial charge in [0.1, 0.15) is 11.4 Å². The average Bonchev–Trinajstić information content (AvgIpc) is 2.93. The Hall–Kier alpha value is -2.82. The Bertz CT molecular complexity index is 864. The van der Waals surface area contributed by atoms with Crippen LogP contribution in [0.25, 0.3) is 10.8 Å². The van der Waals surface area contributed by atoms with Crippen LogP contribution in [0.4, 0.5) is 0 Å². The highest BCUT2D eigenvalue weighted by Crippen LogP contribution is 2.28. The van der Waals surface area contributed by atoms with Gasteiger partial charge in [-0.15, -0.1) is 0 Å². The van der Waals surface area contributed by atoms with Gasteiger partial charge < -0.3 is 10.1 Å². The Labute approximate surface area is 141 Å². The minimum Gasteiger partial charge on any atom is -0.496 e. The first-order valence-electron chi connectivity index (χ1n) is 7.93. The van der Waals surface area contributed by atoms with Crippen molar-refractivity contribution in [2.24, 2.45) is 7.05 Å². The van der Waals surface area contributed by atoms with Crippen LogP contribution in [0.2, 0.25) is 0 Å². The fourth-order valence-electron chi connectivity index (χ4n) is 3.02. The van der Waals surface area contributed by atoms with Crippen LogP contribution >= 0.6 is 0 Å². The predicted molar refractivity (Wildman–Crippen MR) is 94.5 cm³/mol. The van der Waals surface area contributed by atoms with Crippen molar-refractivity contribution in [2.75, 3.05) is 13.7 Å². The number of nitrogens with zero attached hydrogens (tertiary/aromatic N) is 2. The molecule has 0 spiro atoms. The standard InChI is InChI=1S/C19H21N3O2/c1-13-12-21-22(2)18(13)19(23)20-11-10-16-15-7-5-4-6-14(15)8-9-17(16)24-3/h4-9,12H,10-11H2,1-3H3,(H,20,23). The first-order chi connectivity index (χ1) is 11.6. The molecule has 0 aliphatic heterocycles.